The minimum absolute atomic E-state index is 0.153. The van der Waals surface area contributed by atoms with Gasteiger partial charge in [-0.1, -0.05) is 0 Å². The first-order chi connectivity index (χ1) is 8.13. The number of rotatable bonds is 2. The lowest BCUT2D eigenvalue weighted by Crippen LogP contribution is -2.47. The van der Waals surface area contributed by atoms with Gasteiger partial charge in [-0.05, 0) is 38.9 Å². The zero-order valence-corrected chi connectivity index (χ0v) is 10.9. The zero-order chi connectivity index (χ0) is 12.4. The maximum atomic E-state index is 12.4. The summed E-state index contributed by atoms with van der Waals surface area (Å²) in [6.45, 7) is 3.71. The Hall–Kier alpha value is -1.29. The molecule has 0 spiro atoms. The van der Waals surface area contributed by atoms with Crippen LogP contribution in [0.2, 0.25) is 0 Å². The molecule has 1 aliphatic heterocycles. The minimum atomic E-state index is 0.153. The SMILES string of the molecule is CN[C@@H]1CCCN(C(=O)c2ccc(C)n2C)C1. The second-order valence-electron chi connectivity index (χ2n) is 4.80. The monoisotopic (exact) mass is 235 g/mol. The fourth-order valence-electron chi connectivity index (χ4n) is 2.39. The Morgan fingerprint density at radius 1 is 1.47 bits per heavy atom. The van der Waals surface area contributed by atoms with Crippen molar-refractivity contribution in [2.45, 2.75) is 25.8 Å². The second-order valence-corrected chi connectivity index (χ2v) is 4.80. The molecule has 0 saturated carbocycles. The molecule has 0 bridgehead atoms. The standard InChI is InChI=1S/C13H21N3O/c1-10-6-7-12(15(10)3)13(17)16-8-4-5-11(9-16)14-2/h6-7,11,14H,4-5,8-9H2,1-3H3/t11-/m1/s1. The van der Waals surface area contributed by atoms with Gasteiger partial charge in [0, 0.05) is 31.9 Å². The summed E-state index contributed by atoms with van der Waals surface area (Å²) in [7, 11) is 3.91. The van der Waals surface area contributed by atoms with Gasteiger partial charge in [-0.2, -0.15) is 0 Å². The topological polar surface area (TPSA) is 37.3 Å². The number of carbonyl (C=O) groups is 1. The van der Waals surface area contributed by atoms with E-state index >= 15 is 0 Å². The van der Waals surface area contributed by atoms with Gasteiger partial charge >= 0.3 is 0 Å². The molecule has 0 aliphatic carbocycles. The molecule has 2 heterocycles. The van der Waals surface area contributed by atoms with Crippen molar-refractivity contribution in [3.8, 4) is 0 Å². The Kier molecular flexibility index (Phi) is 3.52. The van der Waals surface area contributed by atoms with E-state index in [1.54, 1.807) is 0 Å². The van der Waals surface area contributed by atoms with Crippen LogP contribution in [-0.4, -0.2) is 41.6 Å². The summed E-state index contributed by atoms with van der Waals surface area (Å²) in [6, 6.07) is 4.35. The average molecular weight is 235 g/mol. The lowest BCUT2D eigenvalue weighted by Gasteiger charge is -2.32. The van der Waals surface area contributed by atoms with E-state index in [2.05, 4.69) is 5.32 Å². The molecule has 0 radical (unpaired) electrons. The molecule has 2 rings (SSSR count). The molecule has 1 aromatic heterocycles. The predicted molar refractivity (Wildman–Crippen MR) is 68.1 cm³/mol. The summed E-state index contributed by atoms with van der Waals surface area (Å²) in [5.74, 6) is 0.153. The molecular formula is C13H21N3O. The summed E-state index contributed by atoms with van der Waals surface area (Å²) in [5.41, 5.74) is 1.91. The predicted octanol–water partition coefficient (Wildman–Crippen LogP) is 1.16. The van der Waals surface area contributed by atoms with Gasteiger partial charge in [0.1, 0.15) is 5.69 Å². The molecule has 17 heavy (non-hydrogen) atoms. The van der Waals surface area contributed by atoms with Crippen molar-refractivity contribution < 1.29 is 4.79 Å². The largest absolute Gasteiger partial charge is 0.344 e. The van der Waals surface area contributed by atoms with Crippen molar-refractivity contribution in [1.82, 2.24) is 14.8 Å². The van der Waals surface area contributed by atoms with E-state index in [4.69, 9.17) is 0 Å². The molecule has 1 aliphatic rings. The van der Waals surface area contributed by atoms with Crippen LogP contribution in [-0.2, 0) is 7.05 Å². The summed E-state index contributed by atoms with van der Waals surface area (Å²) in [4.78, 5) is 14.3. The van der Waals surface area contributed by atoms with E-state index in [0.29, 0.717) is 6.04 Å². The number of hydrogen-bond acceptors (Lipinski definition) is 2. The fraction of sp³-hybridized carbons (Fsp3) is 0.615. The van der Waals surface area contributed by atoms with E-state index in [1.807, 2.05) is 42.6 Å². The normalized spacial score (nSPS) is 20.6. The maximum Gasteiger partial charge on any atom is 0.270 e. The molecule has 4 nitrogen and oxygen atoms in total. The molecule has 1 fully saturated rings. The maximum absolute atomic E-state index is 12.4. The lowest BCUT2D eigenvalue weighted by atomic mass is 10.1. The summed E-state index contributed by atoms with van der Waals surface area (Å²) >= 11 is 0. The van der Waals surface area contributed by atoms with E-state index in [9.17, 15) is 4.79 Å². The number of nitrogens with zero attached hydrogens (tertiary/aromatic N) is 2. The first-order valence-electron chi connectivity index (χ1n) is 6.22. The van der Waals surface area contributed by atoms with Crippen LogP contribution in [0.5, 0.6) is 0 Å². The van der Waals surface area contributed by atoms with Crippen molar-refractivity contribution in [3.63, 3.8) is 0 Å². The minimum Gasteiger partial charge on any atom is -0.344 e. The third-order valence-electron chi connectivity index (χ3n) is 3.71. The summed E-state index contributed by atoms with van der Waals surface area (Å²) in [6.07, 6.45) is 2.24. The van der Waals surface area contributed by atoms with Crippen LogP contribution in [0.25, 0.3) is 0 Å². The molecule has 94 valence electrons. The first-order valence-corrected chi connectivity index (χ1v) is 6.22. The Morgan fingerprint density at radius 2 is 2.24 bits per heavy atom. The van der Waals surface area contributed by atoms with Gasteiger partial charge in [-0.25, -0.2) is 0 Å². The molecule has 0 unspecified atom stereocenters. The number of aromatic nitrogens is 1. The fourth-order valence-corrected chi connectivity index (χ4v) is 2.39. The van der Waals surface area contributed by atoms with Crippen LogP contribution in [0, 0.1) is 6.92 Å². The average Bonchev–Trinajstić information content (AvgIpc) is 2.69. The molecule has 0 aromatic carbocycles. The van der Waals surface area contributed by atoms with Crippen molar-refractivity contribution in [1.29, 1.82) is 0 Å². The van der Waals surface area contributed by atoms with Crippen molar-refractivity contribution in [2.24, 2.45) is 7.05 Å². The van der Waals surface area contributed by atoms with Crippen molar-refractivity contribution >= 4 is 5.91 Å². The molecule has 1 saturated heterocycles. The van der Waals surface area contributed by atoms with Gasteiger partial charge in [-0.15, -0.1) is 0 Å². The van der Waals surface area contributed by atoms with E-state index in [1.165, 1.54) is 0 Å². The Morgan fingerprint density at radius 3 is 2.82 bits per heavy atom. The van der Waals surface area contributed by atoms with Gasteiger partial charge in [0.2, 0.25) is 0 Å². The number of carbonyl (C=O) groups excluding carboxylic acids is 1. The van der Waals surface area contributed by atoms with Crippen LogP contribution < -0.4 is 5.32 Å². The van der Waals surface area contributed by atoms with Crippen LogP contribution in [0.1, 0.15) is 29.0 Å². The van der Waals surface area contributed by atoms with Crippen LogP contribution >= 0.6 is 0 Å². The van der Waals surface area contributed by atoms with Crippen LogP contribution in [0.4, 0.5) is 0 Å². The summed E-state index contributed by atoms with van der Waals surface area (Å²) in [5, 5.41) is 3.26. The highest BCUT2D eigenvalue weighted by atomic mass is 16.2. The van der Waals surface area contributed by atoms with Gasteiger partial charge < -0.3 is 14.8 Å². The number of aryl methyl sites for hydroxylation is 1. The van der Waals surface area contributed by atoms with Gasteiger partial charge in [0.25, 0.3) is 5.91 Å². The van der Waals surface area contributed by atoms with Gasteiger partial charge in [0.15, 0.2) is 0 Å². The number of hydrogen-bond donors (Lipinski definition) is 1. The van der Waals surface area contributed by atoms with Crippen LogP contribution in [0.15, 0.2) is 12.1 Å². The number of piperidine rings is 1. The highest BCUT2D eigenvalue weighted by molar-refractivity contribution is 5.93. The van der Waals surface area contributed by atoms with E-state index < -0.39 is 0 Å². The Labute approximate surface area is 103 Å². The highest BCUT2D eigenvalue weighted by Crippen LogP contribution is 2.15. The van der Waals surface area contributed by atoms with Crippen molar-refractivity contribution in [3.05, 3.63) is 23.5 Å². The van der Waals surface area contributed by atoms with E-state index in [-0.39, 0.29) is 5.91 Å². The number of nitrogens with one attached hydrogen (secondary N) is 1. The van der Waals surface area contributed by atoms with Gasteiger partial charge in [0.05, 0.1) is 0 Å². The second kappa shape index (κ2) is 4.92. The van der Waals surface area contributed by atoms with Crippen LogP contribution in [0.3, 0.4) is 0 Å². The molecule has 1 N–H and O–H groups in total. The lowest BCUT2D eigenvalue weighted by molar-refractivity contribution is 0.0688. The highest BCUT2D eigenvalue weighted by Gasteiger charge is 2.24. The molecule has 4 heteroatoms. The number of amides is 1. The smallest absolute Gasteiger partial charge is 0.270 e. The Bertz CT molecular complexity index is 411. The molecular weight excluding hydrogens is 214 g/mol. The number of likely N-dealkylation sites (N-methyl/N-ethyl adjacent to an activating group) is 1. The Balaban J connectivity index is 2.12. The zero-order valence-electron chi connectivity index (χ0n) is 10.9. The quantitative estimate of drug-likeness (QED) is 0.835. The molecule has 1 aromatic rings. The first kappa shape index (κ1) is 12.2. The molecule has 1 atom stereocenters. The number of likely N-dealkylation sites (tertiary alicyclic amines) is 1. The summed E-state index contributed by atoms with van der Waals surface area (Å²) < 4.78 is 1.96. The van der Waals surface area contributed by atoms with E-state index in [0.717, 1.165) is 37.3 Å². The molecule has 1 amide bonds. The third-order valence-corrected chi connectivity index (χ3v) is 3.71. The van der Waals surface area contributed by atoms with Gasteiger partial charge in [-0.3, -0.25) is 4.79 Å². The van der Waals surface area contributed by atoms with Crippen molar-refractivity contribution in [2.75, 3.05) is 20.1 Å². The third kappa shape index (κ3) is 2.36.